The van der Waals surface area contributed by atoms with Crippen LogP contribution in [0.3, 0.4) is 0 Å². The van der Waals surface area contributed by atoms with Crippen LogP contribution in [0.1, 0.15) is 55.7 Å². The molecule has 2 aliphatic carbocycles. The summed E-state index contributed by atoms with van der Waals surface area (Å²) in [4.78, 5) is 0. The number of hydrogen-bond acceptors (Lipinski definition) is 3. The van der Waals surface area contributed by atoms with Crippen LogP contribution < -0.4 is 4.74 Å². The molecule has 2 aliphatic rings. The number of benzene rings is 2. The number of ether oxygens (including phenoxy) is 2. The lowest BCUT2D eigenvalue weighted by atomic mass is 9.74. The van der Waals surface area contributed by atoms with E-state index in [1.54, 1.807) is 37.3 Å². The van der Waals surface area contributed by atoms with Crippen molar-refractivity contribution < 1.29 is 32.1 Å². The molecule has 35 heavy (non-hydrogen) atoms. The van der Waals surface area contributed by atoms with Crippen molar-refractivity contribution in [2.24, 2.45) is 11.8 Å². The Morgan fingerprint density at radius 2 is 1.49 bits per heavy atom. The van der Waals surface area contributed by atoms with Gasteiger partial charge in [0, 0.05) is 29.2 Å². The number of halogens is 4. The minimum absolute atomic E-state index is 0.00612. The van der Waals surface area contributed by atoms with Gasteiger partial charge >= 0.3 is 0 Å². The van der Waals surface area contributed by atoms with E-state index in [9.17, 15) is 22.7 Å². The van der Waals surface area contributed by atoms with Gasteiger partial charge in [0.15, 0.2) is 17.5 Å². The second-order valence-electron chi connectivity index (χ2n) is 9.15. The van der Waals surface area contributed by atoms with E-state index in [2.05, 4.69) is 0 Å². The van der Waals surface area contributed by atoms with Crippen molar-refractivity contribution in [2.75, 3.05) is 6.61 Å². The fraction of sp³-hybridized carbons (Fsp3) is 0.429. The maximum atomic E-state index is 14.9. The summed E-state index contributed by atoms with van der Waals surface area (Å²) in [6.45, 7) is 1.99. The largest absolute Gasteiger partial charge is 0.489 e. The monoisotopic (exact) mass is 490 g/mol. The Bertz CT molecular complexity index is 1090. The lowest BCUT2D eigenvalue weighted by Crippen LogP contribution is -2.25. The molecule has 0 spiro atoms. The summed E-state index contributed by atoms with van der Waals surface area (Å²) in [7, 11) is 0. The molecule has 1 atom stereocenters. The lowest BCUT2D eigenvalue weighted by Gasteiger charge is -2.32. The molecule has 1 unspecified atom stereocenters. The molecule has 7 heteroatoms. The summed E-state index contributed by atoms with van der Waals surface area (Å²) in [5.74, 6) is -3.53. The Balaban J connectivity index is 1.39. The first-order chi connectivity index (χ1) is 16.9. The summed E-state index contributed by atoms with van der Waals surface area (Å²) in [5.41, 5.74) is 0.933. The average molecular weight is 491 g/mol. The van der Waals surface area contributed by atoms with Crippen LogP contribution in [0.2, 0.25) is 0 Å². The first-order valence-electron chi connectivity index (χ1n) is 12.1. The number of aliphatic hydroxyl groups excluding tert-OH is 1. The molecule has 0 heterocycles. The zero-order valence-electron chi connectivity index (χ0n) is 19.7. The molecular weight excluding hydrogens is 460 g/mol. The number of allylic oxidation sites excluding steroid dienone is 4. The van der Waals surface area contributed by atoms with Gasteiger partial charge in [-0.2, -0.15) is 0 Å². The Labute approximate surface area is 203 Å². The maximum Gasteiger partial charge on any atom is 0.165 e. The van der Waals surface area contributed by atoms with Gasteiger partial charge in [-0.15, -0.1) is 0 Å². The summed E-state index contributed by atoms with van der Waals surface area (Å²) in [5, 5.41) is 9.68. The molecule has 0 amide bonds. The van der Waals surface area contributed by atoms with Gasteiger partial charge in [0.2, 0.25) is 0 Å². The molecule has 0 saturated heterocycles. The van der Waals surface area contributed by atoms with E-state index in [0.29, 0.717) is 50.0 Å². The van der Waals surface area contributed by atoms with Crippen LogP contribution in [0.15, 0.2) is 54.1 Å². The number of rotatable bonds is 8. The van der Waals surface area contributed by atoms with Crippen molar-refractivity contribution in [1.29, 1.82) is 0 Å². The van der Waals surface area contributed by atoms with E-state index in [4.69, 9.17) is 9.47 Å². The van der Waals surface area contributed by atoms with Gasteiger partial charge in [-0.25, -0.2) is 17.6 Å². The minimum atomic E-state index is -0.976. The molecule has 1 fully saturated rings. The summed E-state index contributed by atoms with van der Waals surface area (Å²) in [6.07, 6.45) is 4.45. The zero-order chi connectivity index (χ0) is 24.9. The normalized spacial score (nSPS) is 22.8. The molecular formula is C28H30F4O3. The van der Waals surface area contributed by atoms with Crippen LogP contribution in [0.4, 0.5) is 17.6 Å². The van der Waals surface area contributed by atoms with Crippen molar-refractivity contribution in [3.63, 3.8) is 0 Å². The maximum absolute atomic E-state index is 14.9. The standard InChI is InChI=1S/C28H30F4O3/c1-2-34-15-19-3-4-20(26(30)25(19)29)16-35-22-11-7-18(8-12-22)24-14-13-23(27(31)28(24)32)17-5-9-21(33)10-6-17/h3-4,7-8,11-12,14,17,21,23,33H,2,5-6,9-10,13,15-16H2,1H3. The molecule has 0 aromatic heterocycles. The zero-order valence-corrected chi connectivity index (χ0v) is 19.7. The van der Waals surface area contributed by atoms with Crippen molar-refractivity contribution in [3.8, 4) is 5.75 Å². The second-order valence-corrected chi connectivity index (χ2v) is 9.15. The molecule has 188 valence electrons. The minimum Gasteiger partial charge on any atom is -0.489 e. The molecule has 1 N–H and O–H groups in total. The van der Waals surface area contributed by atoms with Crippen molar-refractivity contribution in [1.82, 2.24) is 0 Å². The molecule has 2 aromatic carbocycles. The van der Waals surface area contributed by atoms with Crippen LogP contribution in [-0.2, 0) is 18.0 Å². The molecule has 0 aliphatic heterocycles. The van der Waals surface area contributed by atoms with Crippen LogP contribution >= 0.6 is 0 Å². The Hall–Kier alpha value is -2.64. The van der Waals surface area contributed by atoms with Crippen LogP contribution in [0.25, 0.3) is 5.57 Å². The third-order valence-electron chi connectivity index (χ3n) is 6.92. The van der Waals surface area contributed by atoms with Crippen molar-refractivity contribution >= 4 is 5.57 Å². The van der Waals surface area contributed by atoms with E-state index in [-0.39, 0.29) is 41.9 Å². The van der Waals surface area contributed by atoms with Gasteiger partial charge in [0.25, 0.3) is 0 Å². The van der Waals surface area contributed by atoms with Gasteiger partial charge < -0.3 is 14.6 Å². The van der Waals surface area contributed by atoms with E-state index in [1.165, 1.54) is 12.1 Å². The SMILES string of the molecule is CCOCc1ccc(COc2ccc(C3=CCC(C4CCC(O)CC4)C(F)=C3F)cc2)c(F)c1F. The Morgan fingerprint density at radius 1 is 0.857 bits per heavy atom. The topological polar surface area (TPSA) is 38.7 Å². The van der Waals surface area contributed by atoms with E-state index >= 15 is 0 Å². The van der Waals surface area contributed by atoms with Gasteiger partial charge in [-0.05, 0) is 62.6 Å². The van der Waals surface area contributed by atoms with E-state index in [1.807, 2.05) is 0 Å². The van der Waals surface area contributed by atoms with Gasteiger partial charge in [0.05, 0.1) is 12.7 Å². The van der Waals surface area contributed by atoms with E-state index in [0.717, 1.165) is 0 Å². The third-order valence-corrected chi connectivity index (χ3v) is 6.92. The van der Waals surface area contributed by atoms with Crippen LogP contribution in [0.5, 0.6) is 5.75 Å². The van der Waals surface area contributed by atoms with Crippen LogP contribution in [-0.4, -0.2) is 17.8 Å². The summed E-state index contributed by atoms with van der Waals surface area (Å²) >= 11 is 0. The number of hydrogen-bond donors (Lipinski definition) is 1. The molecule has 0 bridgehead atoms. The molecule has 1 saturated carbocycles. The van der Waals surface area contributed by atoms with Gasteiger partial charge in [-0.1, -0.05) is 30.3 Å². The average Bonchev–Trinajstić information content (AvgIpc) is 2.87. The first kappa shape index (κ1) is 25.5. The summed E-state index contributed by atoms with van der Waals surface area (Å²) < 4.78 is 69.1. The highest BCUT2D eigenvalue weighted by Gasteiger charge is 2.34. The predicted molar refractivity (Wildman–Crippen MR) is 126 cm³/mol. The number of aliphatic hydroxyl groups is 1. The highest BCUT2D eigenvalue weighted by atomic mass is 19.2. The molecule has 3 nitrogen and oxygen atoms in total. The molecule has 4 rings (SSSR count). The van der Waals surface area contributed by atoms with Crippen molar-refractivity contribution in [3.05, 3.63) is 82.5 Å². The van der Waals surface area contributed by atoms with Crippen molar-refractivity contribution in [2.45, 2.75) is 58.3 Å². The Kier molecular flexibility index (Phi) is 8.29. The van der Waals surface area contributed by atoms with E-state index < -0.39 is 29.2 Å². The third kappa shape index (κ3) is 5.78. The fourth-order valence-corrected chi connectivity index (χ4v) is 4.83. The molecule has 2 aromatic rings. The second kappa shape index (κ2) is 11.4. The fourth-order valence-electron chi connectivity index (χ4n) is 4.83. The molecule has 0 radical (unpaired) electrons. The van der Waals surface area contributed by atoms with Crippen LogP contribution in [0, 0.1) is 23.5 Å². The highest BCUT2D eigenvalue weighted by Crippen LogP contribution is 2.44. The highest BCUT2D eigenvalue weighted by molar-refractivity contribution is 5.78. The first-order valence-corrected chi connectivity index (χ1v) is 12.1. The summed E-state index contributed by atoms with van der Waals surface area (Å²) in [6, 6.07) is 9.35. The Morgan fingerprint density at radius 3 is 2.11 bits per heavy atom. The van der Waals surface area contributed by atoms with Gasteiger partial charge in [-0.3, -0.25) is 0 Å². The predicted octanol–water partition coefficient (Wildman–Crippen LogP) is 7.19. The quantitative estimate of drug-likeness (QED) is 0.398. The lowest BCUT2D eigenvalue weighted by molar-refractivity contribution is 0.0921. The smallest absolute Gasteiger partial charge is 0.165 e. The van der Waals surface area contributed by atoms with Gasteiger partial charge in [0.1, 0.15) is 18.2 Å².